The molecule has 1 heterocycles. The molecule has 0 bridgehead atoms. The van der Waals surface area contributed by atoms with Gasteiger partial charge in [0.2, 0.25) is 0 Å². The maximum absolute atomic E-state index is 11.6. The van der Waals surface area contributed by atoms with Gasteiger partial charge in [-0.15, -0.1) is 0 Å². The number of hydrogen-bond acceptors (Lipinski definition) is 3. The van der Waals surface area contributed by atoms with Crippen LogP contribution in [-0.4, -0.2) is 22.7 Å². The second-order valence-corrected chi connectivity index (χ2v) is 5.63. The van der Waals surface area contributed by atoms with Gasteiger partial charge in [0.1, 0.15) is 5.56 Å². The Morgan fingerprint density at radius 1 is 1.24 bits per heavy atom. The van der Waals surface area contributed by atoms with E-state index in [0.717, 1.165) is 0 Å². The van der Waals surface area contributed by atoms with Crippen LogP contribution in [0.4, 0.5) is 0 Å². The highest BCUT2D eigenvalue weighted by Crippen LogP contribution is 2.29. The fourth-order valence-corrected chi connectivity index (χ4v) is 3.01. The summed E-state index contributed by atoms with van der Waals surface area (Å²) in [7, 11) is 0. The van der Waals surface area contributed by atoms with Crippen LogP contribution >= 0.6 is 0 Å². The van der Waals surface area contributed by atoms with E-state index < -0.39 is 5.97 Å². The number of carbonyl (C=O) groups is 1. The summed E-state index contributed by atoms with van der Waals surface area (Å²) in [6, 6.07) is 7.26. The van der Waals surface area contributed by atoms with Gasteiger partial charge in [0.15, 0.2) is 5.75 Å². The summed E-state index contributed by atoms with van der Waals surface area (Å²) < 4.78 is 5.80. The summed E-state index contributed by atoms with van der Waals surface area (Å²) in [5.74, 6) is -0.0501. The lowest BCUT2D eigenvalue weighted by Gasteiger charge is -2.22. The topological polar surface area (TPSA) is 59.4 Å². The predicted molar refractivity (Wildman–Crippen MR) is 80.8 cm³/mol. The number of fused-ring (bicyclic) bond motifs is 1. The molecule has 0 radical (unpaired) electrons. The van der Waals surface area contributed by atoms with Gasteiger partial charge in [-0.05, 0) is 24.8 Å². The first kappa shape index (κ1) is 13.9. The van der Waals surface area contributed by atoms with Crippen molar-refractivity contribution >= 4 is 16.9 Å². The molecule has 110 valence electrons. The fraction of sp³-hybridized carbons (Fsp3) is 0.412. The summed E-state index contributed by atoms with van der Waals surface area (Å²) in [5, 5.41) is 10.1. The maximum Gasteiger partial charge on any atom is 0.340 e. The average molecular weight is 285 g/mol. The largest absolute Gasteiger partial charge is 0.491 e. The van der Waals surface area contributed by atoms with Gasteiger partial charge in [-0.3, -0.25) is 4.98 Å². The van der Waals surface area contributed by atoms with Crippen molar-refractivity contribution in [3.63, 3.8) is 0 Å². The molecule has 4 nitrogen and oxygen atoms in total. The number of aromatic nitrogens is 1. The molecular weight excluding hydrogens is 266 g/mol. The SMILES string of the molecule is O=C(O)c1c(OCC2CCCCC2)cnc2ccccc12. The summed E-state index contributed by atoms with van der Waals surface area (Å²) in [6.45, 7) is 0.584. The maximum atomic E-state index is 11.6. The molecule has 0 spiro atoms. The van der Waals surface area contributed by atoms with Crippen LogP contribution in [0, 0.1) is 5.92 Å². The number of carboxylic acids is 1. The van der Waals surface area contributed by atoms with E-state index in [1.165, 1.54) is 38.3 Å². The molecule has 0 aliphatic heterocycles. The third kappa shape index (κ3) is 2.99. The molecule has 0 amide bonds. The molecule has 1 fully saturated rings. The predicted octanol–water partition coefficient (Wildman–Crippen LogP) is 3.89. The van der Waals surface area contributed by atoms with E-state index in [4.69, 9.17) is 4.74 Å². The normalized spacial score (nSPS) is 16.0. The molecule has 1 aliphatic rings. The van der Waals surface area contributed by atoms with Crippen LogP contribution in [-0.2, 0) is 0 Å². The molecule has 0 unspecified atom stereocenters. The van der Waals surface area contributed by atoms with Gasteiger partial charge in [-0.1, -0.05) is 37.5 Å². The lowest BCUT2D eigenvalue weighted by molar-refractivity contribution is 0.0693. The van der Waals surface area contributed by atoms with Gasteiger partial charge in [-0.25, -0.2) is 4.79 Å². The van der Waals surface area contributed by atoms with Gasteiger partial charge in [0.25, 0.3) is 0 Å². The van der Waals surface area contributed by atoms with Crippen LogP contribution in [0.5, 0.6) is 5.75 Å². The number of benzene rings is 1. The van der Waals surface area contributed by atoms with E-state index in [1.54, 1.807) is 6.07 Å². The van der Waals surface area contributed by atoms with E-state index in [-0.39, 0.29) is 5.56 Å². The van der Waals surface area contributed by atoms with Crippen LogP contribution < -0.4 is 4.74 Å². The van der Waals surface area contributed by atoms with Crippen LogP contribution in [0.3, 0.4) is 0 Å². The zero-order chi connectivity index (χ0) is 14.7. The van der Waals surface area contributed by atoms with E-state index in [9.17, 15) is 9.90 Å². The summed E-state index contributed by atoms with van der Waals surface area (Å²) in [4.78, 5) is 15.9. The van der Waals surface area contributed by atoms with E-state index in [2.05, 4.69) is 4.98 Å². The van der Waals surface area contributed by atoms with E-state index in [0.29, 0.717) is 29.2 Å². The Morgan fingerprint density at radius 3 is 2.76 bits per heavy atom. The Morgan fingerprint density at radius 2 is 2.00 bits per heavy atom. The number of pyridine rings is 1. The zero-order valence-corrected chi connectivity index (χ0v) is 11.9. The molecule has 0 saturated heterocycles. The van der Waals surface area contributed by atoms with Crippen molar-refractivity contribution in [2.45, 2.75) is 32.1 Å². The summed E-state index contributed by atoms with van der Waals surface area (Å²) in [6.07, 6.45) is 7.67. The number of para-hydroxylation sites is 1. The monoisotopic (exact) mass is 285 g/mol. The van der Waals surface area contributed by atoms with E-state index in [1.807, 2.05) is 18.2 Å². The summed E-state index contributed by atoms with van der Waals surface area (Å²) in [5.41, 5.74) is 0.899. The smallest absolute Gasteiger partial charge is 0.340 e. The van der Waals surface area contributed by atoms with Crippen LogP contribution in [0.1, 0.15) is 42.5 Å². The molecule has 2 aromatic rings. The molecular formula is C17H19NO3. The first-order valence-corrected chi connectivity index (χ1v) is 7.49. The van der Waals surface area contributed by atoms with Gasteiger partial charge in [0.05, 0.1) is 18.3 Å². The van der Waals surface area contributed by atoms with Crippen molar-refractivity contribution in [3.8, 4) is 5.75 Å². The Bertz CT molecular complexity index is 648. The molecule has 1 aliphatic carbocycles. The highest BCUT2D eigenvalue weighted by Gasteiger charge is 2.19. The molecule has 1 aromatic carbocycles. The van der Waals surface area contributed by atoms with Crippen LogP contribution in [0.2, 0.25) is 0 Å². The molecule has 3 rings (SSSR count). The molecule has 1 aromatic heterocycles. The number of ether oxygens (including phenoxy) is 1. The van der Waals surface area contributed by atoms with Gasteiger partial charge >= 0.3 is 5.97 Å². The Balaban J connectivity index is 1.87. The third-order valence-corrected chi connectivity index (χ3v) is 4.15. The number of aromatic carboxylic acids is 1. The number of carboxylic acid groups (broad SMARTS) is 1. The second-order valence-electron chi connectivity index (χ2n) is 5.63. The lowest BCUT2D eigenvalue weighted by atomic mass is 9.90. The number of nitrogens with zero attached hydrogens (tertiary/aromatic N) is 1. The Labute approximate surface area is 123 Å². The lowest BCUT2D eigenvalue weighted by Crippen LogP contribution is -2.16. The van der Waals surface area contributed by atoms with Crippen molar-refractivity contribution in [2.75, 3.05) is 6.61 Å². The van der Waals surface area contributed by atoms with E-state index >= 15 is 0 Å². The van der Waals surface area contributed by atoms with Crippen molar-refractivity contribution in [2.24, 2.45) is 5.92 Å². The third-order valence-electron chi connectivity index (χ3n) is 4.15. The minimum atomic E-state index is -0.966. The minimum Gasteiger partial charge on any atom is -0.491 e. The highest BCUT2D eigenvalue weighted by molar-refractivity contribution is 6.04. The number of rotatable bonds is 4. The number of hydrogen-bond donors (Lipinski definition) is 1. The molecule has 21 heavy (non-hydrogen) atoms. The zero-order valence-electron chi connectivity index (χ0n) is 11.9. The Kier molecular flexibility index (Phi) is 4.04. The first-order valence-electron chi connectivity index (χ1n) is 7.49. The molecule has 0 atom stereocenters. The fourth-order valence-electron chi connectivity index (χ4n) is 3.01. The van der Waals surface area contributed by atoms with Crippen molar-refractivity contribution in [3.05, 3.63) is 36.0 Å². The van der Waals surface area contributed by atoms with Gasteiger partial charge in [0, 0.05) is 5.39 Å². The highest BCUT2D eigenvalue weighted by atomic mass is 16.5. The molecule has 1 N–H and O–H groups in total. The summed E-state index contributed by atoms with van der Waals surface area (Å²) >= 11 is 0. The van der Waals surface area contributed by atoms with Gasteiger partial charge < -0.3 is 9.84 Å². The molecule has 4 heteroatoms. The second kappa shape index (κ2) is 6.12. The van der Waals surface area contributed by atoms with Crippen LogP contribution in [0.15, 0.2) is 30.5 Å². The van der Waals surface area contributed by atoms with Crippen molar-refractivity contribution < 1.29 is 14.6 Å². The van der Waals surface area contributed by atoms with Crippen molar-refractivity contribution in [1.29, 1.82) is 0 Å². The first-order chi connectivity index (χ1) is 10.3. The van der Waals surface area contributed by atoms with Gasteiger partial charge in [-0.2, -0.15) is 0 Å². The average Bonchev–Trinajstić information content (AvgIpc) is 2.53. The minimum absolute atomic E-state index is 0.219. The van der Waals surface area contributed by atoms with Crippen molar-refractivity contribution in [1.82, 2.24) is 4.98 Å². The standard InChI is InChI=1S/C17H19NO3/c19-17(20)16-13-8-4-5-9-14(13)18-10-15(16)21-11-12-6-2-1-3-7-12/h4-5,8-10,12H,1-3,6-7,11H2,(H,19,20). The van der Waals surface area contributed by atoms with Crippen LogP contribution in [0.25, 0.3) is 10.9 Å². The molecule has 1 saturated carbocycles. The quantitative estimate of drug-likeness (QED) is 0.925. The Hall–Kier alpha value is -2.10.